The summed E-state index contributed by atoms with van der Waals surface area (Å²) in [4.78, 5) is 27.4. The normalized spacial score (nSPS) is 16.5. The Morgan fingerprint density at radius 1 is 1.13 bits per heavy atom. The number of carbonyl (C=O) groups is 1. The van der Waals surface area contributed by atoms with E-state index in [2.05, 4.69) is 4.98 Å². The van der Waals surface area contributed by atoms with Gasteiger partial charge in [0.05, 0.1) is 0 Å². The quantitative estimate of drug-likeness (QED) is 0.715. The zero-order valence-electron chi connectivity index (χ0n) is 12.5. The summed E-state index contributed by atoms with van der Waals surface area (Å²) in [6.07, 6.45) is 3.41. The largest absolute Gasteiger partial charge is 0.329 e. The van der Waals surface area contributed by atoms with Crippen molar-refractivity contribution in [3.63, 3.8) is 0 Å². The van der Waals surface area contributed by atoms with Crippen LogP contribution in [0.4, 0.5) is 0 Å². The summed E-state index contributed by atoms with van der Waals surface area (Å²) in [7, 11) is 0. The molecule has 4 rings (SSSR count). The fraction of sp³-hybridized carbons (Fsp3) is 0.158. The molecular formula is C19H16N2O2. The smallest absolute Gasteiger partial charge is 0.255 e. The van der Waals surface area contributed by atoms with Gasteiger partial charge >= 0.3 is 0 Å². The molecule has 4 nitrogen and oxygen atoms in total. The second-order valence-electron chi connectivity index (χ2n) is 5.96. The van der Waals surface area contributed by atoms with Crippen molar-refractivity contribution < 1.29 is 4.79 Å². The summed E-state index contributed by atoms with van der Waals surface area (Å²) in [5.74, 6) is -0.0653. The number of rotatable bonds is 2. The van der Waals surface area contributed by atoms with Gasteiger partial charge in [-0.15, -0.1) is 0 Å². The Labute approximate surface area is 133 Å². The van der Waals surface area contributed by atoms with Gasteiger partial charge in [0.2, 0.25) is 0 Å². The topological polar surface area (TPSA) is 76.0 Å². The van der Waals surface area contributed by atoms with Crippen LogP contribution in [-0.2, 0) is 6.42 Å². The first-order valence-corrected chi connectivity index (χ1v) is 7.68. The van der Waals surface area contributed by atoms with Crippen LogP contribution in [0.25, 0.3) is 10.8 Å². The van der Waals surface area contributed by atoms with Gasteiger partial charge in [0.1, 0.15) is 0 Å². The second-order valence-corrected chi connectivity index (χ2v) is 5.96. The number of nitrogens with one attached hydrogen (secondary N) is 1. The van der Waals surface area contributed by atoms with Crippen LogP contribution in [0.15, 0.2) is 53.5 Å². The van der Waals surface area contributed by atoms with Gasteiger partial charge in [0.25, 0.3) is 5.56 Å². The Morgan fingerprint density at radius 2 is 2.00 bits per heavy atom. The average molecular weight is 304 g/mol. The van der Waals surface area contributed by atoms with Crippen LogP contribution in [0.1, 0.15) is 39.5 Å². The number of aromatic amines is 1. The molecule has 1 aliphatic carbocycles. The molecule has 0 saturated carbocycles. The van der Waals surface area contributed by atoms with E-state index in [9.17, 15) is 9.59 Å². The van der Waals surface area contributed by atoms with Gasteiger partial charge in [0, 0.05) is 28.8 Å². The molecule has 0 aliphatic heterocycles. The minimum atomic E-state index is -0.183. The number of hydrogen-bond donors (Lipinski definition) is 2. The predicted octanol–water partition coefficient (Wildman–Crippen LogP) is 2.71. The molecule has 0 unspecified atom stereocenters. The van der Waals surface area contributed by atoms with Crippen molar-refractivity contribution in [3.05, 3.63) is 81.3 Å². The van der Waals surface area contributed by atoms with Crippen LogP contribution in [-0.4, -0.2) is 10.8 Å². The lowest BCUT2D eigenvalue weighted by Crippen LogP contribution is -2.09. The van der Waals surface area contributed by atoms with Gasteiger partial charge in [-0.2, -0.15) is 0 Å². The van der Waals surface area contributed by atoms with Crippen LogP contribution in [0, 0.1) is 0 Å². The van der Waals surface area contributed by atoms with Crippen molar-refractivity contribution in [2.75, 3.05) is 0 Å². The third-order valence-electron chi connectivity index (χ3n) is 4.59. The summed E-state index contributed by atoms with van der Waals surface area (Å²) < 4.78 is 0. The number of aromatic nitrogens is 1. The van der Waals surface area contributed by atoms with Gasteiger partial charge < -0.3 is 10.7 Å². The van der Waals surface area contributed by atoms with E-state index in [-0.39, 0.29) is 17.4 Å². The third-order valence-corrected chi connectivity index (χ3v) is 4.59. The van der Waals surface area contributed by atoms with Crippen molar-refractivity contribution in [1.29, 1.82) is 0 Å². The molecule has 3 aromatic rings. The molecule has 1 atom stereocenters. The third kappa shape index (κ3) is 2.19. The van der Waals surface area contributed by atoms with Crippen LogP contribution in [0.5, 0.6) is 0 Å². The number of hydrogen-bond acceptors (Lipinski definition) is 3. The number of ketones is 1. The molecule has 0 fully saturated rings. The molecule has 1 heterocycles. The summed E-state index contributed by atoms with van der Waals surface area (Å²) in [5.41, 5.74) is 9.35. The second kappa shape index (κ2) is 5.18. The zero-order chi connectivity index (χ0) is 16.0. The van der Waals surface area contributed by atoms with Crippen molar-refractivity contribution >= 4 is 16.6 Å². The maximum Gasteiger partial charge on any atom is 0.255 e. The zero-order valence-corrected chi connectivity index (χ0v) is 12.5. The lowest BCUT2D eigenvalue weighted by molar-refractivity contribution is 0.104. The molecule has 0 spiro atoms. The van der Waals surface area contributed by atoms with E-state index >= 15 is 0 Å². The Bertz CT molecular complexity index is 988. The van der Waals surface area contributed by atoms with Crippen LogP contribution in [0.3, 0.4) is 0 Å². The van der Waals surface area contributed by atoms with E-state index < -0.39 is 0 Å². The number of nitrogens with two attached hydrogens (primary N) is 1. The molecule has 0 saturated heterocycles. The number of carbonyl (C=O) groups excluding carboxylic acids is 1. The van der Waals surface area contributed by atoms with E-state index in [1.54, 1.807) is 30.5 Å². The SMILES string of the molecule is N[C@H]1CCc2cc(C(=O)c3cccc4c(=O)[nH]ccc34)ccc21. The summed E-state index contributed by atoms with van der Waals surface area (Å²) in [5, 5.41) is 1.21. The van der Waals surface area contributed by atoms with Gasteiger partial charge in [-0.25, -0.2) is 0 Å². The Hall–Kier alpha value is -2.72. The lowest BCUT2D eigenvalue weighted by atomic mass is 9.96. The van der Waals surface area contributed by atoms with E-state index in [4.69, 9.17) is 5.73 Å². The highest BCUT2D eigenvalue weighted by Gasteiger charge is 2.21. The molecule has 3 N–H and O–H groups in total. The number of H-pyrrole nitrogens is 1. The van der Waals surface area contributed by atoms with E-state index in [0.29, 0.717) is 21.9 Å². The predicted molar refractivity (Wildman–Crippen MR) is 89.7 cm³/mol. The minimum absolute atomic E-state index is 0.0653. The molecule has 2 aromatic carbocycles. The maximum atomic E-state index is 12.9. The summed E-state index contributed by atoms with van der Waals surface area (Å²) in [6, 6.07) is 12.8. The molecule has 4 heteroatoms. The standard InChI is InChI=1S/C19H16N2O2/c20-17-7-5-11-10-12(4-6-13(11)17)18(22)15-2-1-3-16-14(15)8-9-21-19(16)23/h1-4,6,8-10,17H,5,7,20H2,(H,21,23)/t17-/m0/s1. The number of benzene rings is 2. The molecule has 114 valence electrons. The first-order chi connectivity index (χ1) is 11.1. The molecule has 1 aromatic heterocycles. The van der Waals surface area contributed by atoms with Crippen molar-refractivity contribution in [2.24, 2.45) is 5.73 Å². The fourth-order valence-corrected chi connectivity index (χ4v) is 3.37. The summed E-state index contributed by atoms with van der Waals surface area (Å²) >= 11 is 0. The maximum absolute atomic E-state index is 12.9. The number of pyridine rings is 1. The van der Waals surface area contributed by atoms with Gasteiger partial charge in [-0.3, -0.25) is 9.59 Å². The van der Waals surface area contributed by atoms with Crippen molar-refractivity contribution in [1.82, 2.24) is 4.98 Å². The van der Waals surface area contributed by atoms with Gasteiger partial charge in [-0.1, -0.05) is 24.3 Å². The lowest BCUT2D eigenvalue weighted by Gasteiger charge is -2.08. The first-order valence-electron chi connectivity index (χ1n) is 7.68. The monoisotopic (exact) mass is 304 g/mol. The Balaban J connectivity index is 1.84. The Kier molecular flexibility index (Phi) is 3.13. The average Bonchev–Trinajstić information content (AvgIpc) is 2.95. The molecule has 0 radical (unpaired) electrons. The molecule has 0 bridgehead atoms. The highest BCUT2D eigenvalue weighted by Crippen LogP contribution is 2.30. The molecule has 0 amide bonds. The molecular weight excluding hydrogens is 288 g/mol. The van der Waals surface area contributed by atoms with Gasteiger partial charge in [0.15, 0.2) is 5.78 Å². The van der Waals surface area contributed by atoms with E-state index in [1.807, 2.05) is 18.2 Å². The fourth-order valence-electron chi connectivity index (χ4n) is 3.37. The Morgan fingerprint density at radius 3 is 2.87 bits per heavy atom. The summed E-state index contributed by atoms with van der Waals surface area (Å²) in [6.45, 7) is 0. The number of fused-ring (bicyclic) bond motifs is 2. The van der Waals surface area contributed by atoms with Gasteiger partial charge in [-0.05, 0) is 47.6 Å². The van der Waals surface area contributed by atoms with Crippen LogP contribution < -0.4 is 11.3 Å². The van der Waals surface area contributed by atoms with Crippen molar-refractivity contribution in [2.45, 2.75) is 18.9 Å². The number of aryl methyl sites for hydroxylation is 1. The highest BCUT2D eigenvalue weighted by atomic mass is 16.1. The molecule has 23 heavy (non-hydrogen) atoms. The molecule has 1 aliphatic rings. The van der Waals surface area contributed by atoms with E-state index in [0.717, 1.165) is 24.0 Å². The van der Waals surface area contributed by atoms with Crippen LogP contribution >= 0.6 is 0 Å². The van der Waals surface area contributed by atoms with Crippen molar-refractivity contribution in [3.8, 4) is 0 Å². The minimum Gasteiger partial charge on any atom is -0.329 e. The highest BCUT2D eigenvalue weighted by molar-refractivity contribution is 6.16. The van der Waals surface area contributed by atoms with Crippen LogP contribution in [0.2, 0.25) is 0 Å². The van der Waals surface area contributed by atoms with E-state index in [1.165, 1.54) is 0 Å². The first kappa shape index (κ1) is 13.9.